The van der Waals surface area contributed by atoms with Crippen LogP contribution >= 0.6 is 0 Å². The summed E-state index contributed by atoms with van der Waals surface area (Å²) in [5, 5.41) is 9.94. The van der Waals surface area contributed by atoms with Crippen LogP contribution in [0.25, 0.3) is 0 Å². The highest BCUT2D eigenvalue weighted by molar-refractivity contribution is 7.92. The van der Waals surface area contributed by atoms with E-state index in [0.717, 1.165) is 17.1 Å². The van der Waals surface area contributed by atoms with Crippen LogP contribution in [0.15, 0.2) is 65.6 Å². The second-order valence-corrected chi connectivity index (χ2v) is 13.1. The molecule has 0 aromatic heterocycles. The second-order valence-electron chi connectivity index (χ2n) is 11.4. The molecule has 1 amide bonds. The van der Waals surface area contributed by atoms with Crippen molar-refractivity contribution in [2.75, 3.05) is 45.4 Å². The summed E-state index contributed by atoms with van der Waals surface area (Å²) in [5.74, 6) is 2.26. The fourth-order valence-corrected chi connectivity index (χ4v) is 6.45. The molecular weight excluding hydrogens is 586 g/mol. The number of hydrogen-bond donors (Lipinski definition) is 2. The van der Waals surface area contributed by atoms with E-state index in [2.05, 4.69) is 9.62 Å². The molecule has 0 bridgehead atoms. The number of methoxy groups -OCH3 is 1. The Morgan fingerprint density at radius 1 is 1.07 bits per heavy atom. The van der Waals surface area contributed by atoms with Gasteiger partial charge in [-0.25, -0.2) is 8.42 Å². The van der Waals surface area contributed by atoms with Gasteiger partial charge in [-0.3, -0.25) is 14.4 Å². The topological polar surface area (TPSA) is 127 Å². The fourth-order valence-electron chi connectivity index (χ4n) is 5.40. The van der Waals surface area contributed by atoms with Crippen LogP contribution in [0.2, 0.25) is 0 Å². The molecule has 2 heterocycles. The number of ether oxygens (including phenoxy) is 4. The number of benzene rings is 3. The lowest BCUT2D eigenvalue weighted by atomic mass is 10.0. The molecule has 11 nitrogen and oxygen atoms in total. The highest BCUT2D eigenvalue weighted by atomic mass is 32.2. The average Bonchev–Trinajstić information content (AvgIpc) is 3.48. The molecule has 3 aromatic rings. The number of aliphatic hydroxyl groups is 1. The predicted molar refractivity (Wildman–Crippen MR) is 165 cm³/mol. The average molecular weight is 626 g/mol. The Morgan fingerprint density at radius 2 is 1.80 bits per heavy atom. The number of likely N-dealkylation sites (N-methyl/N-ethyl adjacent to an activating group) is 1. The van der Waals surface area contributed by atoms with E-state index in [1.54, 1.807) is 35.2 Å². The highest BCUT2D eigenvalue weighted by Gasteiger charge is 2.31. The molecule has 2 N–H and O–H groups in total. The van der Waals surface area contributed by atoms with Crippen molar-refractivity contribution in [2.24, 2.45) is 5.92 Å². The van der Waals surface area contributed by atoms with E-state index in [0.29, 0.717) is 42.4 Å². The molecule has 0 unspecified atom stereocenters. The summed E-state index contributed by atoms with van der Waals surface area (Å²) < 4.78 is 51.5. The highest BCUT2D eigenvalue weighted by Crippen LogP contribution is 2.33. The van der Waals surface area contributed by atoms with Gasteiger partial charge in [0.05, 0.1) is 31.1 Å². The van der Waals surface area contributed by atoms with Gasteiger partial charge >= 0.3 is 0 Å². The molecule has 44 heavy (non-hydrogen) atoms. The Morgan fingerprint density at radius 3 is 2.52 bits per heavy atom. The first kappa shape index (κ1) is 31.4. The summed E-state index contributed by atoms with van der Waals surface area (Å²) in [6.45, 7) is 5.47. The van der Waals surface area contributed by atoms with Gasteiger partial charge in [-0.2, -0.15) is 0 Å². The van der Waals surface area contributed by atoms with Gasteiger partial charge in [-0.1, -0.05) is 13.0 Å². The molecular formula is C32H39N3O8S. The largest absolute Gasteiger partial charge is 0.497 e. The quantitative estimate of drug-likeness (QED) is 0.348. The van der Waals surface area contributed by atoms with E-state index >= 15 is 0 Å². The molecule has 0 saturated carbocycles. The number of fused-ring (bicyclic) bond motifs is 2. The van der Waals surface area contributed by atoms with Gasteiger partial charge in [0.25, 0.3) is 10.0 Å². The van der Waals surface area contributed by atoms with Crippen molar-refractivity contribution in [3.63, 3.8) is 0 Å². The van der Waals surface area contributed by atoms with Crippen LogP contribution in [0.3, 0.4) is 0 Å². The number of carbonyl (C=O) groups excluding carboxylic acids is 1. The van der Waals surface area contributed by atoms with E-state index < -0.39 is 16.1 Å². The van der Waals surface area contributed by atoms with Crippen LogP contribution in [0.5, 0.6) is 23.0 Å². The van der Waals surface area contributed by atoms with E-state index in [1.165, 1.54) is 19.2 Å². The minimum atomic E-state index is -3.90. The van der Waals surface area contributed by atoms with Crippen molar-refractivity contribution in [2.45, 2.75) is 43.9 Å². The summed E-state index contributed by atoms with van der Waals surface area (Å²) in [5.41, 5.74) is 1.92. The molecule has 3 aromatic carbocycles. The molecule has 5 rings (SSSR count). The zero-order valence-corrected chi connectivity index (χ0v) is 26.2. The summed E-state index contributed by atoms with van der Waals surface area (Å²) in [4.78, 5) is 17.5. The second kappa shape index (κ2) is 13.3. The summed E-state index contributed by atoms with van der Waals surface area (Å²) >= 11 is 0. The normalized spacial score (nSPS) is 19.0. The van der Waals surface area contributed by atoms with Crippen molar-refractivity contribution in [1.82, 2.24) is 9.80 Å². The molecule has 236 valence electrons. The maximum absolute atomic E-state index is 13.5. The van der Waals surface area contributed by atoms with Crippen molar-refractivity contribution < 1.29 is 37.3 Å². The maximum Gasteiger partial charge on any atom is 0.261 e. The third kappa shape index (κ3) is 7.20. The zero-order valence-electron chi connectivity index (χ0n) is 25.4. The molecule has 2 aliphatic heterocycles. The SMILES string of the molecule is COc1ccc(S(=O)(=O)Nc2ccc3c(c2)CC(=O)N([C@@H](C)CO)C[C@H](C)[C@@H](CN(C)Cc2ccc4c(c2)OCO4)O3)cc1. The number of rotatable bonds is 10. The number of aliphatic hydroxyl groups excluding tert-OH is 1. The molecule has 2 aliphatic rings. The van der Waals surface area contributed by atoms with Gasteiger partial charge in [0.1, 0.15) is 17.6 Å². The van der Waals surface area contributed by atoms with E-state index in [1.807, 2.05) is 39.1 Å². The lowest BCUT2D eigenvalue weighted by Gasteiger charge is -2.34. The maximum atomic E-state index is 13.5. The first-order chi connectivity index (χ1) is 21.1. The van der Waals surface area contributed by atoms with Crippen LogP contribution in [-0.4, -0.2) is 82.0 Å². The molecule has 0 spiro atoms. The third-order valence-electron chi connectivity index (χ3n) is 7.92. The van der Waals surface area contributed by atoms with Crippen molar-refractivity contribution in [3.8, 4) is 23.0 Å². The van der Waals surface area contributed by atoms with Gasteiger partial charge < -0.3 is 29.0 Å². The van der Waals surface area contributed by atoms with Crippen LogP contribution < -0.4 is 23.7 Å². The molecule has 0 radical (unpaired) electrons. The van der Waals surface area contributed by atoms with E-state index in [9.17, 15) is 18.3 Å². The first-order valence-corrected chi connectivity index (χ1v) is 16.0. The molecule has 0 saturated heterocycles. The number of hydrogen-bond acceptors (Lipinski definition) is 9. The van der Waals surface area contributed by atoms with Gasteiger partial charge in [-0.15, -0.1) is 0 Å². The Kier molecular flexibility index (Phi) is 9.52. The number of nitrogens with one attached hydrogen (secondary N) is 1. The predicted octanol–water partition coefficient (Wildman–Crippen LogP) is 3.51. The lowest BCUT2D eigenvalue weighted by molar-refractivity contribution is -0.134. The smallest absolute Gasteiger partial charge is 0.261 e. The molecule has 0 aliphatic carbocycles. The number of nitrogens with zero attached hydrogens (tertiary/aromatic N) is 2. The Bertz CT molecular complexity index is 1580. The minimum Gasteiger partial charge on any atom is -0.497 e. The fraction of sp³-hybridized carbons (Fsp3) is 0.406. The van der Waals surface area contributed by atoms with Gasteiger partial charge in [0.2, 0.25) is 12.7 Å². The summed E-state index contributed by atoms with van der Waals surface area (Å²) in [6.07, 6.45) is -0.321. The van der Waals surface area contributed by atoms with Crippen LogP contribution in [0.4, 0.5) is 5.69 Å². The molecule has 3 atom stereocenters. The van der Waals surface area contributed by atoms with E-state index in [4.69, 9.17) is 18.9 Å². The zero-order chi connectivity index (χ0) is 31.4. The Hall–Kier alpha value is -4.00. The molecule has 12 heteroatoms. The first-order valence-electron chi connectivity index (χ1n) is 14.5. The van der Waals surface area contributed by atoms with Crippen LogP contribution in [0, 0.1) is 5.92 Å². The summed E-state index contributed by atoms with van der Waals surface area (Å²) in [6, 6.07) is 16.5. The van der Waals surface area contributed by atoms with Crippen LogP contribution in [0.1, 0.15) is 25.0 Å². The standard InChI is InChI=1S/C32H39N3O8S/c1-21-16-35(22(2)19-36)32(37)15-24-14-25(33-44(38,39)27-9-7-26(40-4)8-10-27)6-12-28(24)43-31(21)18-34(3)17-23-5-11-29-30(13-23)42-20-41-29/h5-14,21-22,31,33,36H,15-20H2,1-4H3/t21-,22-,31+/m0/s1. The Balaban J connectivity index is 1.39. The lowest BCUT2D eigenvalue weighted by Crippen LogP contribution is -2.47. The number of sulfonamides is 1. The Labute approximate surface area is 258 Å². The summed E-state index contributed by atoms with van der Waals surface area (Å²) in [7, 11) is -0.383. The van der Waals surface area contributed by atoms with E-state index in [-0.39, 0.29) is 42.6 Å². The van der Waals surface area contributed by atoms with Crippen LogP contribution in [-0.2, 0) is 27.8 Å². The minimum absolute atomic E-state index is 0.00967. The third-order valence-corrected chi connectivity index (χ3v) is 9.32. The van der Waals surface area contributed by atoms with Gasteiger partial charge in [0.15, 0.2) is 11.5 Å². The van der Waals surface area contributed by atoms with Crippen molar-refractivity contribution >= 4 is 21.6 Å². The van der Waals surface area contributed by atoms with Gasteiger partial charge in [0, 0.05) is 36.8 Å². The number of carbonyl (C=O) groups is 1. The van der Waals surface area contributed by atoms with Crippen molar-refractivity contribution in [3.05, 3.63) is 71.8 Å². The van der Waals surface area contributed by atoms with Gasteiger partial charge in [-0.05, 0) is 74.1 Å². The number of amides is 1. The van der Waals surface area contributed by atoms with Crippen molar-refractivity contribution in [1.29, 1.82) is 0 Å². The molecule has 0 fully saturated rings. The monoisotopic (exact) mass is 625 g/mol. The number of anilines is 1.